The molecule has 0 spiro atoms. The number of amides is 1. The van der Waals surface area contributed by atoms with E-state index in [9.17, 15) is 4.79 Å². The van der Waals surface area contributed by atoms with Crippen molar-refractivity contribution in [3.63, 3.8) is 0 Å². The van der Waals surface area contributed by atoms with Crippen molar-refractivity contribution >= 4 is 5.91 Å². The first kappa shape index (κ1) is 15.0. The fourth-order valence-electron chi connectivity index (χ4n) is 2.62. The Kier molecular flexibility index (Phi) is 6.02. The van der Waals surface area contributed by atoms with Crippen LogP contribution in [0.15, 0.2) is 24.3 Å². The summed E-state index contributed by atoms with van der Waals surface area (Å²) in [6.07, 6.45) is 2.87. The molecular formula is C16H24N2O2. The molecule has 1 amide bonds. The Labute approximate surface area is 120 Å². The third kappa shape index (κ3) is 4.94. The Hall–Kier alpha value is -1.39. The van der Waals surface area contributed by atoms with Gasteiger partial charge in [0.2, 0.25) is 5.91 Å². The van der Waals surface area contributed by atoms with Gasteiger partial charge in [-0.05, 0) is 43.0 Å². The van der Waals surface area contributed by atoms with Gasteiger partial charge < -0.3 is 15.4 Å². The number of hydrogen-bond donors (Lipinski definition) is 2. The van der Waals surface area contributed by atoms with Gasteiger partial charge in [0.15, 0.2) is 0 Å². The summed E-state index contributed by atoms with van der Waals surface area (Å²) in [5.41, 5.74) is 2.26. The van der Waals surface area contributed by atoms with Gasteiger partial charge >= 0.3 is 0 Å². The summed E-state index contributed by atoms with van der Waals surface area (Å²) in [6.45, 7) is 3.28. The second-order valence-corrected chi connectivity index (χ2v) is 5.43. The van der Waals surface area contributed by atoms with Crippen molar-refractivity contribution in [1.82, 2.24) is 10.6 Å². The zero-order chi connectivity index (χ0) is 14.2. The van der Waals surface area contributed by atoms with Crippen LogP contribution in [0.5, 0.6) is 0 Å². The van der Waals surface area contributed by atoms with Crippen LogP contribution in [0, 0.1) is 5.92 Å². The molecule has 4 nitrogen and oxygen atoms in total. The van der Waals surface area contributed by atoms with Crippen LogP contribution in [0.25, 0.3) is 0 Å². The second kappa shape index (κ2) is 8.02. The highest BCUT2D eigenvalue weighted by molar-refractivity contribution is 5.76. The Morgan fingerprint density at radius 3 is 2.85 bits per heavy atom. The van der Waals surface area contributed by atoms with Gasteiger partial charge in [0.25, 0.3) is 0 Å². The van der Waals surface area contributed by atoms with Gasteiger partial charge in [-0.3, -0.25) is 4.79 Å². The number of carbonyl (C=O) groups excluding carboxylic acids is 1. The van der Waals surface area contributed by atoms with Gasteiger partial charge in [0, 0.05) is 20.1 Å². The molecule has 110 valence electrons. The molecule has 1 saturated heterocycles. The third-order valence-corrected chi connectivity index (χ3v) is 3.72. The molecule has 1 aliphatic rings. The molecule has 1 aromatic carbocycles. The topological polar surface area (TPSA) is 50.4 Å². The zero-order valence-electron chi connectivity index (χ0n) is 12.2. The van der Waals surface area contributed by atoms with Gasteiger partial charge in [-0.15, -0.1) is 0 Å². The first-order valence-electron chi connectivity index (χ1n) is 7.32. The second-order valence-electron chi connectivity index (χ2n) is 5.43. The van der Waals surface area contributed by atoms with Gasteiger partial charge in [-0.1, -0.05) is 24.3 Å². The summed E-state index contributed by atoms with van der Waals surface area (Å²) >= 11 is 0. The normalized spacial score (nSPS) is 16.1. The molecule has 1 heterocycles. The van der Waals surface area contributed by atoms with Crippen LogP contribution in [0.4, 0.5) is 0 Å². The van der Waals surface area contributed by atoms with E-state index in [-0.39, 0.29) is 5.91 Å². The van der Waals surface area contributed by atoms with E-state index in [2.05, 4.69) is 16.7 Å². The quantitative estimate of drug-likeness (QED) is 0.833. The molecule has 0 aromatic heterocycles. The number of hydrogen-bond acceptors (Lipinski definition) is 3. The first-order chi connectivity index (χ1) is 9.78. The van der Waals surface area contributed by atoms with Crippen molar-refractivity contribution in [2.45, 2.75) is 32.4 Å². The maximum atomic E-state index is 11.9. The maximum absolute atomic E-state index is 11.9. The van der Waals surface area contributed by atoms with E-state index in [4.69, 9.17) is 4.74 Å². The van der Waals surface area contributed by atoms with E-state index in [0.717, 1.165) is 37.1 Å². The van der Waals surface area contributed by atoms with Crippen LogP contribution in [0.3, 0.4) is 0 Å². The zero-order valence-corrected chi connectivity index (χ0v) is 12.2. The van der Waals surface area contributed by atoms with E-state index in [1.807, 2.05) is 18.2 Å². The number of piperidine rings is 1. The number of benzene rings is 1. The third-order valence-electron chi connectivity index (χ3n) is 3.72. The molecule has 1 fully saturated rings. The molecular weight excluding hydrogens is 252 g/mol. The largest absolute Gasteiger partial charge is 0.380 e. The van der Waals surface area contributed by atoms with Gasteiger partial charge in [-0.25, -0.2) is 0 Å². The summed E-state index contributed by atoms with van der Waals surface area (Å²) in [7, 11) is 1.69. The van der Waals surface area contributed by atoms with Crippen molar-refractivity contribution in [3.05, 3.63) is 35.4 Å². The van der Waals surface area contributed by atoms with Crippen molar-refractivity contribution in [2.24, 2.45) is 5.92 Å². The summed E-state index contributed by atoms with van der Waals surface area (Å²) in [5, 5.41) is 6.34. The highest BCUT2D eigenvalue weighted by Gasteiger charge is 2.16. The summed E-state index contributed by atoms with van der Waals surface area (Å²) in [6, 6.07) is 8.14. The molecule has 2 rings (SSSR count). The predicted molar refractivity (Wildman–Crippen MR) is 79.2 cm³/mol. The highest BCUT2D eigenvalue weighted by atomic mass is 16.5. The highest BCUT2D eigenvalue weighted by Crippen LogP contribution is 2.15. The maximum Gasteiger partial charge on any atom is 0.220 e. The molecule has 0 unspecified atom stereocenters. The number of methoxy groups -OCH3 is 1. The monoisotopic (exact) mass is 276 g/mol. The standard InChI is InChI=1S/C16H24N2O2/c1-20-12-15-4-2-3-14(9-15)11-18-16(19)10-13-5-7-17-8-6-13/h2-4,9,13,17H,5-8,10-12H2,1H3,(H,18,19). The number of carbonyl (C=O) groups is 1. The lowest BCUT2D eigenvalue weighted by Crippen LogP contribution is -2.32. The molecule has 0 aliphatic carbocycles. The van der Waals surface area contributed by atoms with Crippen LogP contribution in [0.1, 0.15) is 30.4 Å². The smallest absolute Gasteiger partial charge is 0.220 e. The van der Waals surface area contributed by atoms with Gasteiger partial charge in [0.05, 0.1) is 6.61 Å². The van der Waals surface area contributed by atoms with Gasteiger partial charge in [-0.2, -0.15) is 0 Å². The van der Waals surface area contributed by atoms with E-state index >= 15 is 0 Å². The SMILES string of the molecule is COCc1cccc(CNC(=O)CC2CCNCC2)c1. The molecule has 2 N–H and O–H groups in total. The molecule has 0 radical (unpaired) electrons. The average Bonchev–Trinajstić information content (AvgIpc) is 2.47. The lowest BCUT2D eigenvalue weighted by molar-refractivity contribution is -0.122. The summed E-state index contributed by atoms with van der Waals surface area (Å²) in [5.74, 6) is 0.699. The molecule has 20 heavy (non-hydrogen) atoms. The van der Waals surface area contributed by atoms with E-state index in [1.165, 1.54) is 0 Å². The van der Waals surface area contributed by atoms with Crippen LogP contribution in [-0.2, 0) is 22.7 Å². The van der Waals surface area contributed by atoms with Crippen molar-refractivity contribution in [3.8, 4) is 0 Å². The molecule has 0 atom stereocenters. The predicted octanol–water partition coefficient (Wildman–Crippen LogP) is 1.84. The van der Waals surface area contributed by atoms with Gasteiger partial charge in [0.1, 0.15) is 0 Å². The fraction of sp³-hybridized carbons (Fsp3) is 0.562. The molecule has 1 aromatic rings. The number of rotatable bonds is 6. The molecule has 0 bridgehead atoms. The van der Waals surface area contributed by atoms with Crippen molar-refractivity contribution in [1.29, 1.82) is 0 Å². The van der Waals surface area contributed by atoms with Crippen LogP contribution in [0.2, 0.25) is 0 Å². The Morgan fingerprint density at radius 2 is 2.10 bits per heavy atom. The van der Waals surface area contributed by atoms with E-state index in [1.54, 1.807) is 7.11 Å². The minimum atomic E-state index is 0.161. The van der Waals surface area contributed by atoms with E-state index < -0.39 is 0 Å². The van der Waals surface area contributed by atoms with Crippen LogP contribution >= 0.6 is 0 Å². The Bertz CT molecular complexity index is 428. The fourth-order valence-corrected chi connectivity index (χ4v) is 2.62. The molecule has 1 aliphatic heterocycles. The van der Waals surface area contributed by atoms with E-state index in [0.29, 0.717) is 25.5 Å². The van der Waals surface area contributed by atoms with Crippen molar-refractivity contribution in [2.75, 3.05) is 20.2 Å². The van der Waals surface area contributed by atoms with Crippen LogP contribution in [-0.4, -0.2) is 26.1 Å². The molecule has 4 heteroatoms. The average molecular weight is 276 g/mol. The number of nitrogens with one attached hydrogen (secondary N) is 2. The summed E-state index contributed by atoms with van der Waals surface area (Å²) in [4.78, 5) is 11.9. The summed E-state index contributed by atoms with van der Waals surface area (Å²) < 4.78 is 5.12. The minimum absolute atomic E-state index is 0.161. The number of ether oxygens (including phenoxy) is 1. The minimum Gasteiger partial charge on any atom is -0.380 e. The molecule has 0 saturated carbocycles. The Balaban J connectivity index is 1.76. The lowest BCUT2D eigenvalue weighted by atomic mass is 9.94. The van der Waals surface area contributed by atoms with Crippen molar-refractivity contribution < 1.29 is 9.53 Å². The van der Waals surface area contributed by atoms with Crippen LogP contribution < -0.4 is 10.6 Å². The first-order valence-corrected chi connectivity index (χ1v) is 7.32. The lowest BCUT2D eigenvalue weighted by Gasteiger charge is -2.21. The Morgan fingerprint density at radius 1 is 1.35 bits per heavy atom.